The van der Waals surface area contributed by atoms with Gasteiger partial charge in [0.05, 0.1) is 5.56 Å². The van der Waals surface area contributed by atoms with Gasteiger partial charge in [-0.05, 0) is 29.8 Å². The Balaban J connectivity index is 2.27. The number of aromatic nitrogens is 3. The first-order valence-corrected chi connectivity index (χ1v) is 6.26. The van der Waals surface area contributed by atoms with Gasteiger partial charge in [0.25, 0.3) is 0 Å². The molecule has 0 spiro atoms. The fourth-order valence-electron chi connectivity index (χ4n) is 2.21. The molecule has 0 aliphatic carbocycles. The maximum absolute atomic E-state index is 14.0. The van der Waals surface area contributed by atoms with Crippen molar-refractivity contribution in [2.24, 2.45) is 7.05 Å². The largest absolute Gasteiger partial charge is 0.383 e. The molecule has 0 amide bonds. The van der Waals surface area contributed by atoms with Crippen LogP contribution in [-0.4, -0.2) is 14.8 Å². The first kappa shape index (κ1) is 13.2. The highest BCUT2D eigenvalue weighted by molar-refractivity contribution is 5.88. The zero-order valence-electron chi connectivity index (χ0n) is 11.2. The topological polar surface area (TPSA) is 56.7 Å². The minimum Gasteiger partial charge on any atom is -0.383 e. The molecule has 6 heteroatoms. The van der Waals surface area contributed by atoms with Crippen LogP contribution in [0.1, 0.15) is 0 Å². The van der Waals surface area contributed by atoms with Crippen LogP contribution in [0.2, 0.25) is 0 Å². The highest BCUT2D eigenvalue weighted by Crippen LogP contribution is 2.36. The molecular weight excluding hydrogens is 274 g/mol. The Kier molecular flexibility index (Phi) is 3.13. The molecule has 106 valence electrons. The number of hydrogen-bond acceptors (Lipinski definition) is 3. The average Bonchev–Trinajstić information content (AvgIpc) is 2.75. The Morgan fingerprint density at radius 2 is 1.81 bits per heavy atom. The average molecular weight is 286 g/mol. The minimum absolute atomic E-state index is 0.204. The molecule has 1 aromatic carbocycles. The Labute approximate surface area is 119 Å². The molecule has 2 heterocycles. The number of pyridine rings is 1. The first-order chi connectivity index (χ1) is 10.1. The van der Waals surface area contributed by atoms with Crippen LogP contribution in [0.3, 0.4) is 0 Å². The predicted octanol–water partition coefficient (Wildman–Crippen LogP) is 3.01. The summed E-state index contributed by atoms with van der Waals surface area (Å²) in [6.45, 7) is 0. The van der Waals surface area contributed by atoms with Gasteiger partial charge in [-0.25, -0.2) is 8.78 Å². The molecule has 21 heavy (non-hydrogen) atoms. The quantitative estimate of drug-likeness (QED) is 0.788. The second-order valence-corrected chi connectivity index (χ2v) is 4.59. The maximum atomic E-state index is 14.0. The first-order valence-electron chi connectivity index (χ1n) is 6.26. The summed E-state index contributed by atoms with van der Waals surface area (Å²) in [5.41, 5.74) is 7.99. The highest BCUT2D eigenvalue weighted by Gasteiger charge is 2.20. The number of hydrogen-bond donors (Lipinski definition) is 1. The van der Waals surface area contributed by atoms with Crippen molar-refractivity contribution in [2.45, 2.75) is 0 Å². The lowest BCUT2D eigenvalue weighted by Gasteiger charge is -2.05. The van der Waals surface area contributed by atoms with Gasteiger partial charge in [-0.3, -0.25) is 9.67 Å². The molecule has 0 aliphatic rings. The number of aryl methyl sites for hydroxylation is 1. The van der Waals surface area contributed by atoms with E-state index in [4.69, 9.17) is 5.73 Å². The van der Waals surface area contributed by atoms with Crippen LogP contribution in [0.25, 0.3) is 22.4 Å². The second kappa shape index (κ2) is 4.97. The van der Waals surface area contributed by atoms with E-state index in [2.05, 4.69) is 10.1 Å². The molecule has 0 unspecified atom stereocenters. The molecule has 0 saturated heterocycles. The Hall–Kier alpha value is -2.76. The molecule has 2 N–H and O–H groups in total. The Morgan fingerprint density at radius 3 is 2.48 bits per heavy atom. The molecule has 0 saturated carbocycles. The summed E-state index contributed by atoms with van der Waals surface area (Å²) < 4.78 is 28.6. The Morgan fingerprint density at radius 1 is 1.10 bits per heavy atom. The number of benzene rings is 1. The molecule has 0 radical (unpaired) electrons. The van der Waals surface area contributed by atoms with Crippen LogP contribution >= 0.6 is 0 Å². The van der Waals surface area contributed by atoms with Crippen molar-refractivity contribution in [3.05, 3.63) is 54.4 Å². The zero-order chi connectivity index (χ0) is 15.0. The summed E-state index contributed by atoms with van der Waals surface area (Å²) in [6.07, 6.45) is 3.24. The van der Waals surface area contributed by atoms with Crippen molar-refractivity contribution in [3.63, 3.8) is 0 Å². The third kappa shape index (κ3) is 2.24. The molecule has 4 nitrogen and oxygen atoms in total. The van der Waals surface area contributed by atoms with E-state index in [-0.39, 0.29) is 5.56 Å². The van der Waals surface area contributed by atoms with Crippen molar-refractivity contribution < 1.29 is 8.78 Å². The van der Waals surface area contributed by atoms with Gasteiger partial charge in [0, 0.05) is 31.1 Å². The van der Waals surface area contributed by atoms with Gasteiger partial charge in [0.2, 0.25) is 0 Å². The van der Waals surface area contributed by atoms with Crippen molar-refractivity contribution in [3.8, 4) is 22.4 Å². The Bertz CT molecular complexity index is 797. The lowest BCUT2D eigenvalue weighted by Crippen LogP contribution is -1.97. The van der Waals surface area contributed by atoms with Crippen LogP contribution in [0.15, 0.2) is 42.7 Å². The normalized spacial score (nSPS) is 10.8. The molecule has 2 aromatic heterocycles. The molecule has 0 aliphatic heterocycles. The van der Waals surface area contributed by atoms with Crippen LogP contribution < -0.4 is 5.73 Å². The summed E-state index contributed by atoms with van der Waals surface area (Å²) in [7, 11) is 1.67. The van der Waals surface area contributed by atoms with Crippen molar-refractivity contribution in [2.75, 3.05) is 5.73 Å². The molecule has 0 fully saturated rings. The molecule has 0 bridgehead atoms. The van der Waals surface area contributed by atoms with E-state index in [1.807, 2.05) is 0 Å². The van der Waals surface area contributed by atoms with Crippen molar-refractivity contribution in [1.82, 2.24) is 14.8 Å². The maximum Gasteiger partial charge on any atom is 0.135 e. The molecular formula is C15H12F2N4. The lowest BCUT2D eigenvalue weighted by molar-refractivity contribution is 0.585. The zero-order valence-corrected chi connectivity index (χ0v) is 11.2. The smallest absolute Gasteiger partial charge is 0.135 e. The van der Waals surface area contributed by atoms with E-state index in [1.165, 1.54) is 16.8 Å². The van der Waals surface area contributed by atoms with Gasteiger partial charge in [-0.15, -0.1) is 0 Å². The van der Waals surface area contributed by atoms with Crippen molar-refractivity contribution >= 4 is 5.82 Å². The van der Waals surface area contributed by atoms with Gasteiger partial charge in [-0.2, -0.15) is 5.10 Å². The van der Waals surface area contributed by atoms with Crippen LogP contribution in [0.5, 0.6) is 0 Å². The van der Waals surface area contributed by atoms with E-state index >= 15 is 0 Å². The second-order valence-electron chi connectivity index (χ2n) is 4.59. The van der Waals surface area contributed by atoms with Gasteiger partial charge in [0.15, 0.2) is 0 Å². The van der Waals surface area contributed by atoms with Crippen molar-refractivity contribution in [1.29, 1.82) is 0 Å². The SMILES string of the molecule is Cn1nc(-c2ccc(F)cc2F)c(-c2ccncc2)c1N. The lowest BCUT2D eigenvalue weighted by atomic mass is 10.0. The number of nitrogen functional groups attached to an aromatic ring is 1. The van der Waals surface area contributed by atoms with E-state index in [0.29, 0.717) is 17.1 Å². The number of halogens is 2. The van der Waals surface area contributed by atoms with E-state index < -0.39 is 11.6 Å². The van der Waals surface area contributed by atoms with Gasteiger partial charge < -0.3 is 5.73 Å². The fraction of sp³-hybridized carbons (Fsp3) is 0.0667. The summed E-state index contributed by atoms with van der Waals surface area (Å²) in [4.78, 5) is 3.95. The molecule has 3 rings (SSSR count). The summed E-state index contributed by atoms with van der Waals surface area (Å²) >= 11 is 0. The van der Waals surface area contributed by atoms with Crippen LogP contribution in [0, 0.1) is 11.6 Å². The third-order valence-corrected chi connectivity index (χ3v) is 3.25. The van der Waals surface area contributed by atoms with Gasteiger partial charge >= 0.3 is 0 Å². The van der Waals surface area contributed by atoms with Gasteiger partial charge in [-0.1, -0.05) is 0 Å². The third-order valence-electron chi connectivity index (χ3n) is 3.25. The van der Waals surface area contributed by atoms with E-state index in [9.17, 15) is 8.78 Å². The summed E-state index contributed by atoms with van der Waals surface area (Å²) in [6, 6.07) is 6.91. The van der Waals surface area contributed by atoms with Crippen LogP contribution in [0.4, 0.5) is 14.6 Å². The van der Waals surface area contributed by atoms with E-state index in [1.54, 1.807) is 31.6 Å². The number of anilines is 1. The summed E-state index contributed by atoms with van der Waals surface area (Å²) in [5.74, 6) is -0.908. The van der Waals surface area contributed by atoms with E-state index in [0.717, 1.165) is 11.6 Å². The van der Waals surface area contributed by atoms with Crippen LogP contribution in [-0.2, 0) is 7.05 Å². The highest BCUT2D eigenvalue weighted by atomic mass is 19.1. The number of nitrogens with two attached hydrogens (primary N) is 1. The monoisotopic (exact) mass is 286 g/mol. The standard InChI is InChI=1S/C15H12F2N4/c1-21-15(18)13(9-4-6-19-7-5-9)14(20-21)11-3-2-10(16)8-12(11)17/h2-8H,18H2,1H3. The van der Waals surface area contributed by atoms with Gasteiger partial charge in [0.1, 0.15) is 23.1 Å². The summed E-state index contributed by atoms with van der Waals surface area (Å²) in [5, 5.41) is 4.26. The number of nitrogens with zero attached hydrogens (tertiary/aromatic N) is 3. The minimum atomic E-state index is -0.677. The fourth-order valence-corrected chi connectivity index (χ4v) is 2.21. The number of rotatable bonds is 2. The molecule has 3 aromatic rings. The predicted molar refractivity (Wildman–Crippen MR) is 76.2 cm³/mol. The molecule has 0 atom stereocenters.